The highest BCUT2D eigenvalue weighted by Crippen LogP contribution is 2.24. The number of rotatable bonds is 6. The van der Waals surface area contributed by atoms with Crippen molar-refractivity contribution in [2.75, 3.05) is 0 Å². The molecule has 2 aromatic heterocycles. The second-order valence-electron chi connectivity index (χ2n) is 7.48. The first-order valence-corrected chi connectivity index (χ1v) is 9.23. The molecule has 27 heavy (non-hydrogen) atoms. The quantitative estimate of drug-likeness (QED) is 0.570. The van der Waals surface area contributed by atoms with Crippen LogP contribution in [0.4, 0.5) is 0 Å². The molecule has 3 N–H and O–H groups in total. The van der Waals surface area contributed by atoms with E-state index in [1.165, 1.54) is 6.92 Å². The van der Waals surface area contributed by atoms with E-state index in [2.05, 4.69) is 34.1 Å². The molecule has 0 saturated carbocycles. The van der Waals surface area contributed by atoms with E-state index in [-0.39, 0.29) is 17.7 Å². The number of aromatic amines is 2. The van der Waals surface area contributed by atoms with Gasteiger partial charge in [-0.15, -0.1) is 0 Å². The van der Waals surface area contributed by atoms with E-state index in [1.54, 1.807) is 6.92 Å². The number of carbonyl (C=O) groups is 2. The zero-order valence-electron chi connectivity index (χ0n) is 16.4. The summed E-state index contributed by atoms with van der Waals surface area (Å²) in [7, 11) is 0. The average Bonchev–Trinajstić information content (AvgIpc) is 3.14. The van der Waals surface area contributed by atoms with Crippen LogP contribution >= 0.6 is 0 Å². The Morgan fingerprint density at radius 3 is 2.44 bits per heavy atom. The molecule has 2 heterocycles. The van der Waals surface area contributed by atoms with Crippen molar-refractivity contribution in [3.63, 3.8) is 0 Å². The van der Waals surface area contributed by atoms with Gasteiger partial charge in [-0.25, -0.2) is 4.98 Å². The molecule has 0 spiro atoms. The Bertz CT molecular complexity index is 964. The normalized spacial score (nSPS) is 12.5. The summed E-state index contributed by atoms with van der Waals surface area (Å²) in [6, 6.07) is 7.57. The lowest BCUT2D eigenvalue weighted by Gasteiger charge is -2.18. The van der Waals surface area contributed by atoms with Crippen LogP contribution in [0.5, 0.6) is 0 Å². The largest absolute Gasteiger partial charge is 0.354 e. The minimum Gasteiger partial charge on any atom is -0.354 e. The molecule has 142 valence electrons. The molecule has 1 aromatic carbocycles. The first-order chi connectivity index (χ1) is 12.8. The van der Waals surface area contributed by atoms with Crippen LogP contribution in [0.2, 0.25) is 0 Å². The molecule has 3 aromatic rings. The lowest BCUT2D eigenvalue weighted by Crippen LogP contribution is -2.31. The van der Waals surface area contributed by atoms with Gasteiger partial charge in [0.25, 0.3) is 5.91 Å². The van der Waals surface area contributed by atoms with Crippen molar-refractivity contribution in [2.24, 2.45) is 5.92 Å². The Morgan fingerprint density at radius 1 is 1.15 bits per heavy atom. The number of carbonyl (C=O) groups excluding carboxylic acids is 2. The number of amides is 1. The van der Waals surface area contributed by atoms with Gasteiger partial charge < -0.3 is 15.3 Å². The van der Waals surface area contributed by atoms with Crippen LogP contribution in [0.1, 0.15) is 71.2 Å². The summed E-state index contributed by atoms with van der Waals surface area (Å²) in [5, 5.41) is 3.09. The number of imidazole rings is 1. The average molecular weight is 366 g/mol. The third-order valence-corrected chi connectivity index (χ3v) is 4.77. The molecule has 1 amide bonds. The fraction of sp³-hybridized carbons (Fsp3) is 0.381. The smallest absolute Gasteiger partial charge is 0.268 e. The number of aryl methyl sites for hydroxylation is 1. The van der Waals surface area contributed by atoms with Gasteiger partial charge in [-0.3, -0.25) is 9.59 Å². The van der Waals surface area contributed by atoms with E-state index in [0.29, 0.717) is 28.4 Å². The number of hydrogen-bond acceptors (Lipinski definition) is 3. The zero-order valence-corrected chi connectivity index (χ0v) is 16.4. The van der Waals surface area contributed by atoms with Crippen LogP contribution in [0.25, 0.3) is 11.0 Å². The molecule has 0 saturated heterocycles. The van der Waals surface area contributed by atoms with Crippen molar-refractivity contribution in [2.45, 2.75) is 47.1 Å². The molecule has 0 aliphatic rings. The fourth-order valence-electron chi connectivity index (χ4n) is 3.58. The van der Waals surface area contributed by atoms with Gasteiger partial charge in [-0.2, -0.15) is 0 Å². The number of aromatic nitrogens is 3. The predicted octanol–water partition coefficient (Wildman–Crippen LogP) is 4.23. The molecule has 1 atom stereocenters. The Hall–Kier alpha value is -2.89. The summed E-state index contributed by atoms with van der Waals surface area (Å²) in [6.45, 7) is 9.35. The molecule has 0 aliphatic carbocycles. The van der Waals surface area contributed by atoms with Gasteiger partial charge in [0.15, 0.2) is 5.78 Å². The molecule has 6 heteroatoms. The van der Waals surface area contributed by atoms with Crippen molar-refractivity contribution in [1.29, 1.82) is 0 Å². The van der Waals surface area contributed by atoms with Crippen molar-refractivity contribution in [3.05, 3.63) is 52.6 Å². The first-order valence-electron chi connectivity index (χ1n) is 9.23. The second-order valence-corrected chi connectivity index (χ2v) is 7.48. The summed E-state index contributed by atoms with van der Waals surface area (Å²) in [4.78, 5) is 35.8. The van der Waals surface area contributed by atoms with Crippen LogP contribution in [0, 0.1) is 19.8 Å². The number of Topliss-reactive ketones (excluding diaryl/α,β-unsaturated/α-hetero) is 1. The molecule has 0 aliphatic heterocycles. The summed E-state index contributed by atoms with van der Waals surface area (Å²) >= 11 is 0. The van der Waals surface area contributed by atoms with Crippen LogP contribution in [0.3, 0.4) is 0 Å². The van der Waals surface area contributed by atoms with Gasteiger partial charge in [0.1, 0.15) is 11.5 Å². The zero-order chi connectivity index (χ0) is 19.7. The summed E-state index contributed by atoms with van der Waals surface area (Å²) in [5.74, 6) is 0.847. The molecule has 0 radical (unpaired) electrons. The number of benzene rings is 1. The van der Waals surface area contributed by atoms with Crippen LogP contribution in [-0.2, 0) is 0 Å². The molecular formula is C21H26N4O2. The fourth-order valence-corrected chi connectivity index (χ4v) is 3.58. The minimum absolute atomic E-state index is 0.0451. The van der Waals surface area contributed by atoms with E-state index in [1.807, 2.05) is 31.2 Å². The Balaban J connectivity index is 1.92. The number of nitrogens with one attached hydrogen (secondary N) is 3. The minimum atomic E-state index is -0.242. The number of ketones is 1. The number of nitrogens with zero attached hydrogens (tertiary/aromatic N) is 1. The SMILES string of the molecule is CC(=O)c1c(C)[nH]c(C(=O)NC(CC(C)C)c2nc3ccccc3[nH]2)c1C. The van der Waals surface area contributed by atoms with Crippen molar-refractivity contribution in [3.8, 4) is 0 Å². The van der Waals surface area contributed by atoms with E-state index >= 15 is 0 Å². The maximum Gasteiger partial charge on any atom is 0.268 e. The van der Waals surface area contributed by atoms with Gasteiger partial charge >= 0.3 is 0 Å². The molecule has 0 fully saturated rings. The standard InChI is InChI=1S/C21H26N4O2/c1-11(2)10-17(20-23-15-8-6-7-9-16(15)24-20)25-21(27)19-12(3)18(14(5)26)13(4)22-19/h6-9,11,17,22H,10H2,1-5H3,(H,23,24)(H,25,27). The van der Waals surface area contributed by atoms with E-state index in [0.717, 1.165) is 23.3 Å². The predicted molar refractivity (Wildman–Crippen MR) is 106 cm³/mol. The lowest BCUT2D eigenvalue weighted by molar-refractivity contribution is 0.0924. The summed E-state index contributed by atoms with van der Waals surface area (Å²) in [5.41, 5.74) is 4.24. The van der Waals surface area contributed by atoms with E-state index in [9.17, 15) is 9.59 Å². The summed E-state index contributed by atoms with van der Waals surface area (Å²) < 4.78 is 0. The number of fused-ring (bicyclic) bond motifs is 1. The number of H-pyrrole nitrogens is 2. The molecular weight excluding hydrogens is 340 g/mol. The molecule has 0 bridgehead atoms. The maximum atomic E-state index is 12.9. The third kappa shape index (κ3) is 3.79. The van der Waals surface area contributed by atoms with Crippen molar-refractivity contribution in [1.82, 2.24) is 20.3 Å². The topological polar surface area (TPSA) is 90.6 Å². The van der Waals surface area contributed by atoms with Gasteiger partial charge in [0, 0.05) is 11.3 Å². The highest BCUT2D eigenvalue weighted by Gasteiger charge is 2.24. The van der Waals surface area contributed by atoms with Gasteiger partial charge in [-0.1, -0.05) is 26.0 Å². The molecule has 6 nitrogen and oxygen atoms in total. The Labute approximate surface area is 158 Å². The first kappa shape index (κ1) is 18.9. The van der Waals surface area contributed by atoms with E-state index in [4.69, 9.17) is 0 Å². The Morgan fingerprint density at radius 2 is 1.85 bits per heavy atom. The number of hydrogen-bond donors (Lipinski definition) is 3. The third-order valence-electron chi connectivity index (χ3n) is 4.77. The summed E-state index contributed by atoms with van der Waals surface area (Å²) in [6.07, 6.45) is 0.754. The van der Waals surface area contributed by atoms with Crippen LogP contribution in [0.15, 0.2) is 24.3 Å². The van der Waals surface area contributed by atoms with Crippen LogP contribution in [-0.4, -0.2) is 26.6 Å². The van der Waals surface area contributed by atoms with Crippen molar-refractivity contribution < 1.29 is 9.59 Å². The van der Waals surface area contributed by atoms with Gasteiger partial charge in [-0.05, 0) is 50.8 Å². The number of para-hydroxylation sites is 2. The monoisotopic (exact) mass is 366 g/mol. The van der Waals surface area contributed by atoms with E-state index < -0.39 is 0 Å². The van der Waals surface area contributed by atoms with Gasteiger partial charge in [0.05, 0.1) is 17.1 Å². The molecule has 3 rings (SSSR count). The second kappa shape index (κ2) is 7.39. The molecule has 1 unspecified atom stereocenters. The van der Waals surface area contributed by atoms with Crippen molar-refractivity contribution >= 4 is 22.7 Å². The van der Waals surface area contributed by atoms with Gasteiger partial charge in [0.2, 0.25) is 0 Å². The Kier molecular flexibility index (Phi) is 5.17. The van der Waals surface area contributed by atoms with Crippen LogP contribution < -0.4 is 5.32 Å². The lowest BCUT2D eigenvalue weighted by atomic mass is 10.0. The maximum absolute atomic E-state index is 12.9. The highest BCUT2D eigenvalue weighted by molar-refractivity contribution is 6.02. The highest BCUT2D eigenvalue weighted by atomic mass is 16.2.